The molecule has 0 aliphatic carbocycles. The highest BCUT2D eigenvalue weighted by atomic mass is 19.1. The van der Waals surface area contributed by atoms with E-state index in [4.69, 9.17) is 4.79 Å². The molecule has 2 rings (SSSR count). The van der Waals surface area contributed by atoms with E-state index in [1.165, 1.54) is 25.5 Å². The van der Waals surface area contributed by atoms with E-state index in [0.717, 1.165) is 18.7 Å². The molecule has 0 aromatic heterocycles. The summed E-state index contributed by atoms with van der Waals surface area (Å²) in [5, 5.41) is 3.34. The molecule has 0 radical (unpaired) electrons. The zero-order chi connectivity index (χ0) is 15.4. The van der Waals surface area contributed by atoms with Crippen molar-refractivity contribution in [2.75, 3.05) is 20.2 Å². The van der Waals surface area contributed by atoms with E-state index in [0.29, 0.717) is 12.4 Å². The lowest BCUT2D eigenvalue weighted by Gasteiger charge is -2.23. The molecular weight excluding hydrogens is 257 g/mol. The van der Waals surface area contributed by atoms with Gasteiger partial charge in [-0.25, -0.2) is 4.39 Å². The van der Waals surface area contributed by atoms with Crippen molar-refractivity contribution in [3.63, 3.8) is 0 Å². The summed E-state index contributed by atoms with van der Waals surface area (Å²) >= 11 is 0. The number of ether oxygens (including phenoxy) is 1. The third kappa shape index (κ3) is 6.66. The maximum atomic E-state index is 13.1. The third-order valence-corrected chi connectivity index (χ3v) is 3.09. The van der Waals surface area contributed by atoms with E-state index in [1.807, 2.05) is 32.9 Å². The fraction of sp³-hybridized carbons (Fsp3) is 0.562. The molecule has 0 atom stereocenters. The van der Waals surface area contributed by atoms with Gasteiger partial charge in [-0.05, 0) is 56.0 Å². The molecule has 0 bridgehead atoms. The van der Waals surface area contributed by atoms with Gasteiger partial charge in [0, 0.05) is 0 Å². The maximum Gasteiger partial charge on any atom is 0.292 e. The van der Waals surface area contributed by atoms with Gasteiger partial charge in [0.2, 0.25) is 0 Å². The van der Waals surface area contributed by atoms with Gasteiger partial charge in [0.1, 0.15) is 5.82 Å². The van der Waals surface area contributed by atoms with Crippen LogP contribution in [0.3, 0.4) is 0 Å². The van der Waals surface area contributed by atoms with Crippen molar-refractivity contribution < 1.29 is 13.9 Å². The molecule has 1 heterocycles. The highest BCUT2D eigenvalue weighted by molar-refractivity contribution is 5.36. The van der Waals surface area contributed by atoms with Gasteiger partial charge in [0.15, 0.2) is 0 Å². The van der Waals surface area contributed by atoms with Gasteiger partial charge in [0.25, 0.3) is 6.47 Å². The molecule has 20 heavy (non-hydrogen) atoms. The standard InChI is InChI=1S/C12H16FN.C2H4O2.C2H6/c1-9-8-11(2-3-12(9)13)10-4-6-14-7-5-10;1-4-2-3;1-2/h2-3,8,10,14H,4-7H2,1H3;2H,1H3;1-2H3. The second kappa shape index (κ2) is 11.4. The van der Waals surface area contributed by atoms with Crippen molar-refractivity contribution >= 4 is 6.47 Å². The number of aryl methyl sites for hydroxylation is 1. The van der Waals surface area contributed by atoms with Crippen LogP contribution < -0.4 is 5.32 Å². The summed E-state index contributed by atoms with van der Waals surface area (Å²) < 4.78 is 16.9. The first-order chi connectivity index (χ1) is 9.69. The fourth-order valence-corrected chi connectivity index (χ4v) is 2.08. The average molecular weight is 283 g/mol. The van der Waals surface area contributed by atoms with Crippen molar-refractivity contribution in [3.05, 3.63) is 35.1 Å². The minimum absolute atomic E-state index is 0.0947. The fourth-order valence-electron chi connectivity index (χ4n) is 2.08. The quantitative estimate of drug-likeness (QED) is 0.845. The average Bonchev–Trinajstić information content (AvgIpc) is 2.53. The summed E-state index contributed by atoms with van der Waals surface area (Å²) in [6.45, 7) is 8.38. The van der Waals surface area contributed by atoms with Crippen LogP contribution in [0.5, 0.6) is 0 Å². The van der Waals surface area contributed by atoms with Crippen LogP contribution in [0.15, 0.2) is 18.2 Å². The Morgan fingerprint density at radius 2 is 1.85 bits per heavy atom. The molecule has 1 fully saturated rings. The first-order valence-corrected chi connectivity index (χ1v) is 7.12. The number of rotatable bonds is 2. The third-order valence-electron chi connectivity index (χ3n) is 3.09. The Labute approximate surface area is 121 Å². The summed E-state index contributed by atoms with van der Waals surface area (Å²) in [5.74, 6) is 0.526. The molecule has 1 saturated heterocycles. The Hall–Kier alpha value is -1.42. The van der Waals surface area contributed by atoms with Crippen molar-refractivity contribution in [1.82, 2.24) is 5.32 Å². The zero-order valence-corrected chi connectivity index (χ0v) is 12.9. The Morgan fingerprint density at radius 3 is 2.30 bits per heavy atom. The minimum Gasteiger partial charge on any atom is -0.471 e. The van der Waals surface area contributed by atoms with Gasteiger partial charge in [-0.2, -0.15) is 0 Å². The monoisotopic (exact) mass is 283 g/mol. The summed E-state index contributed by atoms with van der Waals surface area (Å²) in [5.41, 5.74) is 2.06. The van der Waals surface area contributed by atoms with Crippen LogP contribution in [0.25, 0.3) is 0 Å². The number of halogens is 1. The number of hydrogen-bond donors (Lipinski definition) is 1. The molecular formula is C16H26FNO2. The van der Waals surface area contributed by atoms with Crippen LogP contribution in [0.4, 0.5) is 4.39 Å². The summed E-state index contributed by atoms with van der Waals surface area (Å²) in [4.78, 5) is 8.95. The molecule has 0 saturated carbocycles. The minimum atomic E-state index is -0.0947. The molecule has 1 aliphatic rings. The van der Waals surface area contributed by atoms with Gasteiger partial charge in [-0.3, -0.25) is 4.79 Å². The molecule has 1 aromatic rings. The molecule has 1 aromatic carbocycles. The lowest BCUT2D eigenvalue weighted by atomic mass is 9.89. The second-order valence-corrected chi connectivity index (χ2v) is 4.36. The predicted octanol–water partition coefficient (Wildman–Crippen LogP) is 3.42. The van der Waals surface area contributed by atoms with Crippen LogP contribution in [0.2, 0.25) is 0 Å². The summed E-state index contributed by atoms with van der Waals surface area (Å²) in [6, 6.07) is 5.51. The van der Waals surface area contributed by atoms with Crippen LogP contribution in [0, 0.1) is 12.7 Å². The number of piperidine rings is 1. The molecule has 1 aliphatic heterocycles. The normalized spacial score (nSPS) is 14.2. The van der Waals surface area contributed by atoms with Crippen LogP contribution >= 0.6 is 0 Å². The Balaban J connectivity index is 0.000000521. The lowest BCUT2D eigenvalue weighted by Crippen LogP contribution is -2.26. The Morgan fingerprint density at radius 1 is 1.30 bits per heavy atom. The van der Waals surface area contributed by atoms with Gasteiger partial charge in [-0.1, -0.05) is 26.0 Å². The maximum absolute atomic E-state index is 13.1. The first-order valence-electron chi connectivity index (χ1n) is 7.12. The van der Waals surface area contributed by atoms with Crippen molar-refractivity contribution in [1.29, 1.82) is 0 Å². The van der Waals surface area contributed by atoms with E-state index in [2.05, 4.69) is 10.1 Å². The second-order valence-electron chi connectivity index (χ2n) is 4.36. The highest BCUT2D eigenvalue weighted by Gasteiger charge is 2.15. The topological polar surface area (TPSA) is 38.3 Å². The molecule has 0 amide bonds. The zero-order valence-electron chi connectivity index (χ0n) is 12.9. The van der Waals surface area contributed by atoms with E-state index < -0.39 is 0 Å². The SMILES string of the molecule is CC.COC=O.Cc1cc(C2CCNCC2)ccc1F. The van der Waals surface area contributed by atoms with Crippen molar-refractivity contribution in [2.24, 2.45) is 0 Å². The largest absolute Gasteiger partial charge is 0.471 e. The van der Waals surface area contributed by atoms with Crippen molar-refractivity contribution in [3.8, 4) is 0 Å². The number of carbonyl (C=O) groups excluding carboxylic acids is 1. The molecule has 4 heteroatoms. The number of methoxy groups -OCH3 is 1. The first kappa shape index (κ1) is 18.6. The number of hydrogen-bond acceptors (Lipinski definition) is 3. The Kier molecular flexibility index (Phi) is 10.6. The van der Waals surface area contributed by atoms with E-state index in [9.17, 15) is 4.39 Å². The smallest absolute Gasteiger partial charge is 0.292 e. The van der Waals surface area contributed by atoms with Gasteiger partial charge in [0.05, 0.1) is 7.11 Å². The van der Waals surface area contributed by atoms with Crippen LogP contribution in [-0.2, 0) is 9.53 Å². The van der Waals surface area contributed by atoms with Crippen LogP contribution in [-0.4, -0.2) is 26.7 Å². The van der Waals surface area contributed by atoms with E-state index in [-0.39, 0.29) is 5.82 Å². The summed E-state index contributed by atoms with van der Waals surface area (Å²) in [6.07, 6.45) is 2.34. The predicted molar refractivity (Wildman–Crippen MR) is 80.4 cm³/mol. The molecule has 1 N–H and O–H groups in total. The van der Waals surface area contributed by atoms with Gasteiger partial charge >= 0.3 is 0 Å². The van der Waals surface area contributed by atoms with E-state index in [1.54, 1.807) is 6.07 Å². The summed E-state index contributed by atoms with van der Waals surface area (Å²) in [7, 11) is 1.31. The molecule has 3 nitrogen and oxygen atoms in total. The molecule has 0 unspecified atom stereocenters. The van der Waals surface area contributed by atoms with Gasteiger partial charge in [-0.15, -0.1) is 0 Å². The van der Waals surface area contributed by atoms with Crippen LogP contribution in [0.1, 0.15) is 43.7 Å². The number of benzene rings is 1. The highest BCUT2D eigenvalue weighted by Crippen LogP contribution is 2.26. The Bertz CT molecular complexity index is 377. The lowest BCUT2D eigenvalue weighted by molar-refractivity contribution is -0.126. The molecule has 0 spiro atoms. The van der Waals surface area contributed by atoms with Crippen molar-refractivity contribution in [2.45, 2.75) is 39.5 Å². The molecule has 114 valence electrons. The van der Waals surface area contributed by atoms with Gasteiger partial charge < -0.3 is 10.1 Å². The number of nitrogens with one attached hydrogen (secondary N) is 1. The van der Waals surface area contributed by atoms with E-state index >= 15 is 0 Å². The number of carbonyl (C=O) groups is 1.